The van der Waals surface area contributed by atoms with Crippen molar-refractivity contribution in [2.45, 2.75) is 26.2 Å². The van der Waals surface area contributed by atoms with Gasteiger partial charge in [0.15, 0.2) is 0 Å². The van der Waals surface area contributed by atoms with Gasteiger partial charge < -0.3 is 19.9 Å². The van der Waals surface area contributed by atoms with Crippen LogP contribution >= 0.6 is 0 Å². The van der Waals surface area contributed by atoms with Gasteiger partial charge >= 0.3 is 12.1 Å². The van der Waals surface area contributed by atoms with Gasteiger partial charge in [0.25, 0.3) is 0 Å². The minimum absolute atomic E-state index is 0.105. The van der Waals surface area contributed by atoms with E-state index in [-0.39, 0.29) is 12.1 Å². The Balaban J connectivity index is 1.53. The zero-order valence-electron chi connectivity index (χ0n) is 13.5. The number of hydrogen-bond donors (Lipinski definition) is 1. The Kier molecular flexibility index (Phi) is 4.69. The second kappa shape index (κ2) is 6.89. The van der Waals surface area contributed by atoms with Crippen molar-refractivity contribution in [2.24, 2.45) is 0 Å². The van der Waals surface area contributed by atoms with Gasteiger partial charge in [-0.2, -0.15) is 0 Å². The van der Waals surface area contributed by atoms with Gasteiger partial charge in [-0.25, -0.2) is 9.59 Å². The molecule has 1 heterocycles. The molecule has 124 valence electrons. The molecule has 1 aliphatic carbocycles. The third-order valence-corrected chi connectivity index (χ3v) is 4.44. The van der Waals surface area contributed by atoms with Crippen LogP contribution in [0.25, 0.3) is 0 Å². The van der Waals surface area contributed by atoms with Crippen LogP contribution in [0, 0.1) is 0 Å². The quantitative estimate of drug-likeness (QED) is 0.911. The molecule has 3 rings (SSSR count). The van der Waals surface area contributed by atoms with Gasteiger partial charge in [0, 0.05) is 31.9 Å². The SMILES string of the molecule is CCOC(=O)N1CCN(C(=O)Nc2ccc3c(c2)CCC3)CC1. The topological polar surface area (TPSA) is 61.9 Å². The molecule has 0 saturated carbocycles. The number of ether oxygens (including phenoxy) is 1. The number of amides is 3. The zero-order valence-corrected chi connectivity index (χ0v) is 13.5. The summed E-state index contributed by atoms with van der Waals surface area (Å²) in [5.74, 6) is 0. The van der Waals surface area contributed by atoms with E-state index in [1.165, 1.54) is 17.5 Å². The number of nitrogens with one attached hydrogen (secondary N) is 1. The molecule has 23 heavy (non-hydrogen) atoms. The van der Waals surface area contributed by atoms with Crippen molar-refractivity contribution in [2.75, 3.05) is 38.1 Å². The van der Waals surface area contributed by atoms with Crippen LogP contribution in [0.15, 0.2) is 18.2 Å². The molecule has 0 spiro atoms. The van der Waals surface area contributed by atoms with Crippen LogP contribution in [0.5, 0.6) is 0 Å². The Morgan fingerprint density at radius 2 is 1.78 bits per heavy atom. The summed E-state index contributed by atoms with van der Waals surface area (Å²) in [6, 6.07) is 6.05. The molecule has 0 aromatic heterocycles. The van der Waals surface area contributed by atoms with E-state index in [1.54, 1.807) is 16.7 Å². The predicted octanol–water partition coefficient (Wildman–Crippen LogP) is 2.48. The van der Waals surface area contributed by atoms with E-state index in [9.17, 15) is 9.59 Å². The predicted molar refractivity (Wildman–Crippen MR) is 87.7 cm³/mol. The third kappa shape index (κ3) is 3.57. The van der Waals surface area contributed by atoms with E-state index in [2.05, 4.69) is 17.4 Å². The molecule has 1 N–H and O–H groups in total. The van der Waals surface area contributed by atoms with Crippen molar-refractivity contribution in [3.63, 3.8) is 0 Å². The normalized spacial score (nSPS) is 16.9. The molecule has 0 atom stereocenters. The highest BCUT2D eigenvalue weighted by molar-refractivity contribution is 5.89. The van der Waals surface area contributed by atoms with E-state index in [0.29, 0.717) is 32.8 Å². The first-order valence-corrected chi connectivity index (χ1v) is 8.27. The molecule has 1 aromatic carbocycles. The number of anilines is 1. The van der Waals surface area contributed by atoms with Gasteiger partial charge in [-0.05, 0) is 49.4 Å². The number of nitrogens with zero attached hydrogens (tertiary/aromatic N) is 2. The number of benzene rings is 1. The highest BCUT2D eigenvalue weighted by Gasteiger charge is 2.25. The van der Waals surface area contributed by atoms with Crippen LogP contribution in [-0.4, -0.2) is 54.7 Å². The number of aryl methyl sites for hydroxylation is 2. The summed E-state index contributed by atoms with van der Waals surface area (Å²) in [4.78, 5) is 27.4. The minimum atomic E-state index is -0.300. The lowest BCUT2D eigenvalue weighted by atomic mass is 10.1. The largest absolute Gasteiger partial charge is 0.450 e. The van der Waals surface area contributed by atoms with Crippen molar-refractivity contribution in [1.82, 2.24) is 9.80 Å². The van der Waals surface area contributed by atoms with Gasteiger partial charge in [0.1, 0.15) is 0 Å². The highest BCUT2D eigenvalue weighted by atomic mass is 16.6. The Hall–Kier alpha value is -2.24. The van der Waals surface area contributed by atoms with Crippen molar-refractivity contribution < 1.29 is 14.3 Å². The molecule has 1 aromatic rings. The lowest BCUT2D eigenvalue weighted by molar-refractivity contribution is 0.0868. The second-order valence-corrected chi connectivity index (χ2v) is 5.94. The summed E-state index contributed by atoms with van der Waals surface area (Å²) in [7, 11) is 0. The summed E-state index contributed by atoms with van der Waals surface area (Å²) in [6.45, 7) is 4.23. The van der Waals surface area contributed by atoms with Crippen LogP contribution in [0.4, 0.5) is 15.3 Å². The number of urea groups is 1. The van der Waals surface area contributed by atoms with Crippen molar-refractivity contribution in [1.29, 1.82) is 0 Å². The van der Waals surface area contributed by atoms with E-state index in [1.807, 2.05) is 6.07 Å². The molecular formula is C17H23N3O3. The van der Waals surface area contributed by atoms with Crippen LogP contribution < -0.4 is 5.32 Å². The fraction of sp³-hybridized carbons (Fsp3) is 0.529. The molecule has 1 fully saturated rings. The summed E-state index contributed by atoms with van der Waals surface area (Å²) >= 11 is 0. The van der Waals surface area contributed by atoms with Crippen molar-refractivity contribution in [3.05, 3.63) is 29.3 Å². The average molecular weight is 317 g/mol. The average Bonchev–Trinajstić information content (AvgIpc) is 3.03. The van der Waals surface area contributed by atoms with Crippen molar-refractivity contribution in [3.8, 4) is 0 Å². The first-order chi connectivity index (χ1) is 11.2. The van der Waals surface area contributed by atoms with E-state index in [0.717, 1.165) is 18.5 Å². The van der Waals surface area contributed by atoms with Gasteiger partial charge in [-0.15, -0.1) is 0 Å². The van der Waals surface area contributed by atoms with Crippen LogP contribution in [-0.2, 0) is 17.6 Å². The fourth-order valence-electron chi connectivity index (χ4n) is 3.16. The smallest absolute Gasteiger partial charge is 0.409 e. The molecule has 2 aliphatic rings. The first kappa shape index (κ1) is 15.6. The molecule has 3 amide bonds. The molecule has 0 radical (unpaired) electrons. The molecule has 1 aliphatic heterocycles. The zero-order chi connectivity index (χ0) is 16.2. The number of rotatable bonds is 2. The maximum atomic E-state index is 12.4. The summed E-state index contributed by atoms with van der Waals surface area (Å²) in [5, 5.41) is 2.96. The number of hydrogen-bond acceptors (Lipinski definition) is 3. The number of piperazine rings is 1. The molecular weight excluding hydrogens is 294 g/mol. The number of fused-ring (bicyclic) bond motifs is 1. The van der Waals surface area contributed by atoms with Crippen LogP contribution in [0.1, 0.15) is 24.5 Å². The standard InChI is InChI=1S/C17H23N3O3/c1-2-23-17(22)20-10-8-19(9-11-20)16(21)18-15-7-6-13-4-3-5-14(13)12-15/h6-7,12H,2-5,8-11H2,1H3,(H,18,21). The van der Waals surface area contributed by atoms with Gasteiger partial charge in [-0.1, -0.05) is 6.07 Å². The Morgan fingerprint density at radius 1 is 1.09 bits per heavy atom. The monoisotopic (exact) mass is 317 g/mol. The molecule has 1 saturated heterocycles. The second-order valence-electron chi connectivity index (χ2n) is 5.94. The Bertz CT molecular complexity index is 595. The molecule has 6 heteroatoms. The Morgan fingerprint density at radius 3 is 2.52 bits per heavy atom. The summed E-state index contributed by atoms with van der Waals surface area (Å²) in [6.07, 6.45) is 3.13. The minimum Gasteiger partial charge on any atom is -0.450 e. The number of carbonyl (C=O) groups excluding carboxylic acids is 2. The van der Waals surface area contributed by atoms with Gasteiger partial charge in [0.05, 0.1) is 6.61 Å². The molecule has 0 unspecified atom stereocenters. The Labute approximate surface area is 136 Å². The highest BCUT2D eigenvalue weighted by Crippen LogP contribution is 2.25. The lowest BCUT2D eigenvalue weighted by Gasteiger charge is -2.34. The molecule has 0 bridgehead atoms. The van der Waals surface area contributed by atoms with Gasteiger partial charge in [0.2, 0.25) is 0 Å². The van der Waals surface area contributed by atoms with Crippen LogP contribution in [0.2, 0.25) is 0 Å². The first-order valence-electron chi connectivity index (χ1n) is 8.27. The number of carbonyl (C=O) groups is 2. The maximum absolute atomic E-state index is 12.4. The lowest BCUT2D eigenvalue weighted by Crippen LogP contribution is -2.51. The molecule has 6 nitrogen and oxygen atoms in total. The summed E-state index contributed by atoms with van der Waals surface area (Å²) in [5.41, 5.74) is 3.59. The maximum Gasteiger partial charge on any atom is 0.409 e. The van der Waals surface area contributed by atoms with Crippen molar-refractivity contribution >= 4 is 17.8 Å². The van der Waals surface area contributed by atoms with Crippen LogP contribution in [0.3, 0.4) is 0 Å². The fourth-order valence-corrected chi connectivity index (χ4v) is 3.16. The van der Waals surface area contributed by atoms with E-state index >= 15 is 0 Å². The summed E-state index contributed by atoms with van der Waals surface area (Å²) < 4.78 is 4.98. The van der Waals surface area contributed by atoms with E-state index in [4.69, 9.17) is 4.74 Å². The van der Waals surface area contributed by atoms with E-state index < -0.39 is 0 Å². The third-order valence-electron chi connectivity index (χ3n) is 4.44. The van der Waals surface area contributed by atoms with Gasteiger partial charge in [-0.3, -0.25) is 0 Å².